The lowest BCUT2D eigenvalue weighted by molar-refractivity contribution is 0.487. The van der Waals surface area contributed by atoms with Gasteiger partial charge in [0.2, 0.25) is 0 Å². The summed E-state index contributed by atoms with van der Waals surface area (Å²) >= 11 is 1.84. The van der Waals surface area contributed by atoms with Gasteiger partial charge in [-0.3, -0.25) is 0 Å². The lowest BCUT2D eigenvalue weighted by Gasteiger charge is -2.22. The maximum atomic E-state index is 6.33. The van der Waals surface area contributed by atoms with Crippen molar-refractivity contribution in [2.75, 3.05) is 0 Å². The van der Waals surface area contributed by atoms with Crippen LogP contribution < -0.4 is 4.74 Å². The highest BCUT2D eigenvalue weighted by Gasteiger charge is 2.21. The molecular formula is C44H28OS. The van der Waals surface area contributed by atoms with Crippen molar-refractivity contribution in [3.63, 3.8) is 0 Å². The van der Waals surface area contributed by atoms with Crippen LogP contribution in [0.5, 0.6) is 11.5 Å². The second-order valence-electron chi connectivity index (χ2n) is 11.7. The van der Waals surface area contributed by atoms with Crippen LogP contribution in [0.2, 0.25) is 0 Å². The lowest BCUT2D eigenvalue weighted by Crippen LogP contribution is -1.97. The molecule has 7 aromatic carbocycles. The van der Waals surface area contributed by atoms with Crippen LogP contribution in [-0.4, -0.2) is 0 Å². The smallest absolute Gasteiger partial charge is 0.135 e. The van der Waals surface area contributed by atoms with Crippen LogP contribution in [0.3, 0.4) is 0 Å². The molecule has 0 atom stereocenters. The Balaban J connectivity index is 1.06. The van der Waals surface area contributed by atoms with Gasteiger partial charge >= 0.3 is 0 Å². The molecule has 0 bridgehead atoms. The third kappa shape index (κ3) is 4.54. The number of fused-ring (bicyclic) bond motifs is 2. The molecule has 0 saturated heterocycles. The minimum absolute atomic E-state index is 0.917. The zero-order chi connectivity index (χ0) is 30.5. The second-order valence-corrected chi connectivity index (χ2v) is 12.8. The van der Waals surface area contributed by atoms with E-state index in [2.05, 4.69) is 158 Å². The first-order valence-corrected chi connectivity index (χ1v) is 16.4. The van der Waals surface area contributed by atoms with E-state index < -0.39 is 0 Å². The molecular weight excluding hydrogens is 577 g/mol. The quantitative estimate of drug-likeness (QED) is 0.190. The van der Waals surface area contributed by atoms with Gasteiger partial charge in [-0.2, -0.15) is 0 Å². The number of thiophene rings is 1. The van der Waals surface area contributed by atoms with Gasteiger partial charge in [-0.1, -0.05) is 133 Å². The summed E-state index contributed by atoms with van der Waals surface area (Å²) in [4.78, 5) is 2.51. The van der Waals surface area contributed by atoms with Gasteiger partial charge in [-0.15, -0.1) is 11.3 Å². The van der Waals surface area contributed by atoms with E-state index >= 15 is 0 Å². The molecule has 0 unspecified atom stereocenters. The molecule has 1 aliphatic heterocycles. The van der Waals surface area contributed by atoms with E-state index in [1.807, 2.05) is 23.5 Å². The number of ether oxygens (including phenoxy) is 1. The van der Waals surface area contributed by atoms with Crippen molar-refractivity contribution in [3.05, 3.63) is 170 Å². The van der Waals surface area contributed by atoms with E-state index in [9.17, 15) is 0 Å². The van der Waals surface area contributed by atoms with Crippen LogP contribution in [0.15, 0.2) is 170 Å². The van der Waals surface area contributed by atoms with Crippen molar-refractivity contribution < 1.29 is 4.74 Å². The normalized spacial score (nSPS) is 11.7. The highest BCUT2D eigenvalue weighted by molar-refractivity contribution is 7.18. The molecule has 0 saturated carbocycles. The van der Waals surface area contributed by atoms with E-state index in [1.165, 1.54) is 70.6 Å². The number of para-hydroxylation sites is 1. The van der Waals surface area contributed by atoms with Crippen molar-refractivity contribution in [1.29, 1.82) is 0 Å². The van der Waals surface area contributed by atoms with Gasteiger partial charge < -0.3 is 4.74 Å². The maximum absolute atomic E-state index is 6.33. The van der Waals surface area contributed by atoms with Crippen LogP contribution in [0.25, 0.3) is 76.2 Å². The minimum Gasteiger partial charge on any atom is -0.456 e. The fourth-order valence-corrected chi connectivity index (χ4v) is 7.76. The third-order valence-electron chi connectivity index (χ3n) is 8.96. The highest BCUT2D eigenvalue weighted by Crippen LogP contribution is 2.49. The molecule has 216 valence electrons. The van der Waals surface area contributed by atoms with E-state index in [4.69, 9.17) is 4.74 Å². The molecule has 0 spiro atoms. The van der Waals surface area contributed by atoms with Crippen LogP contribution in [0.4, 0.5) is 0 Å². The summed E-state index contributed by atoms with van der Waals surface area (Å²) in [6, 6.07) is 60.9. The molecule has 46 heavy (non-hydrogen) atoms. The standard InChI is InChI=1S/C44H28OS/c1-3-10-30(11-4-1)34-23-22-33(28-39(34)31-12-5-2-6-13-31)29-18-20-32(21-19-29)42-26-27-43(46-42)36-24-25-41-44-37(15-9-16-38(36)44)35-14-7-8-17-40(35)45-41/h1-28H. The van der Waals surface area contributed by atoms with Gasteiger partial charge in [0, 0.05) is 20.7 Å². The Morgan fingerprint density at radius 1 is 0.326 bits per heavy atom. The first kappa shape index (κ1) is 26.7. The zero-order valence-corrected chi connectivity index (χ0v) is 25.8. The van der Waals surface area contributed by atoms with E-state index in [-0.39, 0.29) is 0 Å². The van der Waals surface area contributed by atoms with Crippen LogP contribution in [0.1, 0.15) is 0 Å². The van der Waals surface area contributed by atoms with E-state index in [1.54, 1.807) is 0 Å². The van der Waals surface area contributed by atoms with E-state index in [0.717, 1.165) is 17.1 Å². The summed E-state index contributed by atoms with van der Waals surface area (Å²) < 4.78 is 6.33. The van der Waals surface area contributed by atoms with Gasteiger partial charge in [0.15, 0.2) is 0 Å². The zero-order valence-electron chi connectivity index (χ0n) is 25.0. The van der Waals surface area contributed by atoms with Crippen LogP contribution in [0, 0.1) is 0 Å². The van der Waals surface area contributed by atoms with Crippen molar-refractivity contribution in [3.8, 4) is 76.9 Å². The average Bonchev–Trinajstić information content (AvgIpc) is 3.63. The number of hydrogen-bond donors (Lipinski definition) is 0. The van der Waals surface area contributed by atoms with Crippen molar-refractivity contribution >= 4 is 22.1 Å². The Labute approximate surface area is 272 Å². The Kier molecular flexibility index (Phi) is 6.40. The lowest BCUT2D eigenvalue weighted by atomic mass is 9.91. The number of benzene rings is 7. The summed E-state index contributed by atoms with van der Waals surface area (Å²) in [6.45, 7) is 0. The Morgan fingerprint density at radius 3 is 1.76 bits per heavy atom. The molecule has 2 heteroatoms. The van der Waals surface area contributed by atoms with Gasteiger partial charge in [-0.05, 0) is 91.9 Å². The second kappa shape index (κ2) is 11.0. The molecule has 0 N–H and O–H groups in total. The molecule has 0 amide bonds. The molecule has 0 aliphatic carbocycles. The van der Waals surface area contributed by atoms with Crippen molar-refractivity contribution in [2.24, 2.45) is 0 Å². The Morgan fingerprint density at radius 2 is 0.957 bits per heavy atom. The fourth-order valence-electron chi connectivity index (χ4n) is 6.71. The predicted octanol–water partition coefficient (Wildman–Crippen LogP) is 13.0. The summed E-state index contributed by atoms with van der Waals surface area (Å²) in [5, 5.41) is 2.41. The largest absolute Gasteiger partial charge is 0.456 e. The summed E-state index contributed by atoms with van der Waals surface area (Å²) in [7, 11) is 0. The summed E-state index contributed by atoms with van der Waals surface area (Å²) in [5.41, 5.74) is 12.2. The summed E-state index contributed by atoms with van der Waals surface area (Å²) in [6.07, 6.45) is 0. The van der Waals surface area contributed by atoms with Gasteiger partial charge in [0.1, 0.15) is 11.5 Å². The number of rotatable bonds is 5. The maximum Gasteiger partial charge on any atom is 0.135 e. The Bertz CT molecular complexity index is 2370. The summed E-state index contributed by atoms with van der Waals surface area (Å²) in [5.74, 6) is 1.84. The SMILES string of the molecule is c1ccc(-c2ccc(-c3ccc(-c4ccc(-c5ccc6c7c(cccc57)-c5ccccc5O6)s4)cc3)cc2-c2ccccc2)cc1. The topological polar surface area (TPSA) is 9.23 Å². The first-order valence-electron chi connectivity index (χ1n) is 15.6. The van der Waals surface area contributed by atoms with E-state index in [0.29, 0.717) is 0 Å². The first-order chi connectivity index (χ1) is 22.8. The molecule has 1 aliphatic rings. The van der Waals surface area contributed by atoms with Gasteiger partial charge in [-0.25, -0.2) is 0 Å². The third-order valence-corrected chi connectivity index (χ3v) is 10.1. The molecule has 1 aromatic heterocycles. The van der Waals surface area contributed by atoms with Crippen molar-refractivity contribution in [1.82, 2.24) is 0 Å². The molecule has 0 fully saturated rings. The van der Waals surface area contributed by atoms with Gasteiger partial charge in [0.05, 0.1) is 0 Å². The molecule has 2 heterocycles. The monoisotopic (exact) mass is 604 g/mol. The molecule has 1 nitrogen and oxygen atoms in total. The number of hydrogen-bond acceptors (Lipinski definition) is 2. The molecule has 8 aromatic rings. The van der Waals surface area contributed by atoms with Crippen LogP contribution in [-0.2, 0) is 0 Å². The van der Waals surface area contributed by atoms with Crippen LogP contribution >= 0.6 is 11.3 Å². The Hall–Kier alpha value is -5.70. The van der Waals surface area contributed by atoms with Crippen molar-refractivity contribution in [2.45, 2.75) is 0 Å². The molecule has 0 radical (unpaired) electrons. The molecule has 9 rings (SSSR count). The highest BCUT2D eigenvalue weighted by atomic mass is 32.1. The fraction of sp³-hybridized carbons (Fsp3) is 0. The van der Waals surface area contributed by atoms with Gasteiger partial charge in [0.25, 0.3) is 0 Å². The predicted molar refractivity (Wildman–Crippen MR) is 195 cm³/mol. The minimum atomic E-state index is 0.917. The average molecular weight is 605 g/mol.